The standard InChI is InChI=1S/C20H32F2N4O3.HI/c1-5-28-16-8-6-7-15(17(16)29-18(21)22)13-24-19(23-4)25-14-20(2,3)26-9-11-27-12-10-26;/h6-8,18H,5,9-14H2,1-4H3,(H2,23,24,25);1H. The minimum absolute atomic E-state index is 0. The fraction of sp³-hybridized carbons (Fsp3) is 0.650. The van der Waals surface area contributed by atoms with Gasteiger partial charge < -0.3 is 24.8 Å². The van der Waals surface area contributed by atoms with E-state index in [9.17, 15) is 8.78 Å². The maximum absolute atomic E-state index is 12.9. The number of guanidine groups is 1. The second-order valence-electron chi connectivity index (χ2n) is 7.25. The molecule has 0 bridgehead atoms. The van der Waals surface area contributed by atoms with Crippen molar-refractivity contribution in [2.24, 2.45) is 4.99 Å². The van der Waals surface area contributed by atoms with Gasteiger partial charge in [0, 0.05) is 44.3 Å². The lowest BCUT2D eigenvalue weighted by Crippen LogP contribution is -2.56. The molecule has 0 amide bonds. The first-order chi connectivity index (χ1) is 13.9. The van der Waals surface area contributed by atoms with E-state index in [1.54, 1.807) is 32.2 Å². The maximum Gasteiger partial charge on any atom is 0.387 e. The summed E-state index contributed by atoms with van der Waals surface area (Å²) in [7, 11) is 1.67. The van der Waals surface area contributed by atoms with Gasteiger partial charge in [-0.25, -0.2) is 0 Å². The Balaban J connectivity index is 0.00000450. The number of ether oxygens (including phenoxy) is 3. The highest BCUT2D eigenvalue weighted by Gasteiger charge is 2.28. The van der Waals surface area contributed by atoms with Crippen molar-refractivity contribution in [3.8, 4) is 11.5 Å². The highest BCUT2D eigenvalue weighted by atomic mass is 127. The van der Waals surface area contributed by atoms with E-state index in [4.69, 9.17) is 14.2 Å². The first kappa shape index (κ1) is 26.6. The predicted molar refractivity (Wildman–Crippen MR) is 124 cm³/mol. The Morgan fingerprint density at radius 2 is 1.97 bits per heavy atom. The van der Waals surface area contributed by atoms with Crippen LogP contribution in [0.2, 0.25) is 0 Å². The van der Waals surface area contributed by atoms with E-state index < -0.39 is 6.61 Å². The summed E-state index contributed by atoms with van der Waals surface area (Å²) in [5.74, 6) is 0.917. The molecule has 30 heavy (non-hydrogen) atoms. The fourth-order valence-corrected chi connectivity index (χ4v) is 3.17. The molecule has 1 aliphatic heterocycles. The van der Waals surface area contributed by atoms with Crippen LogP contribution < -0.4 is 20.1 Å². The minimum atomic E-state index is -2.93. The average molecular weight is 542 g/mol. The number of hydrogen-bond donors (Lipinski definition) is 2. The largest absolute Gasteiger partial charge is 0.490 e. The number of hydrogen-bond acceptors (Lipinski definition) is 5. The Labute approximate surface area is 194 Å². The summed E-state index contributed by atoms with van der Waals surface area (Å²) in [4.78, 5) is 6.60. The molecule has 2 rings (SSSR count). The molecule has 1 saturated heterocycles. The summed E-state index contributed by atoms with van der Waals surface area (Å²) in [6, 6.07) is 5.08. The number of benzene rings is 1. The van der Waals surface area contributed by atoms with Gasteiger partial charge in [-0.1, -0.05) is 12.1 Å². The average Bonchev–Trinajstić information content (AvgIpc) is 2.70. The third kappa shape index (κ3) is 8.03. The molecule has 1 fully saturated rings. The lowest BCUT2D eigenvalue weighted by molar-refractivity contribution is -0.0520. The van der Waals surface area contributed by atoms with Gasteiger partial charge in [0.1, 0.15) is 0 Å². The third-order valence-corrected chi connectivity index (χ3v) is 4.79. The molecule has 1 aromatic carbocycles. The summed E-state index contributed by atoms with van der Waals surface area (Å²) in [5.41, 5.74) is 0.479. The Hall–Kier alpha value is -1.40. The van der Waals surface area contributed by atoms with Crippen molar-refractivity contribution in [3.05, 3.63) is 23.8 Å². The zero-order chi connectivity index (χ0) is 21.3. The number of morpholine rings is 1. The van der Waals surface area contributed by atoms with Crippen molar-refractivity contribution in [2.75, 3.05) is 46.5 Å². The van der Waals surface area contributed by atoms with Gasteiger partial charge >= 0.3 is 6.61 Å². The molecule has 0 unspecified atom stereocenters. The summed E-state index contributed by atoms with van der Waals surface area (Å²) < 4.78 is 41.3. The highest BCUT2D eigenvalue weighted by molar-refractivity contribution is 14.0. The van der Waals surface area contributed by atoms with Crippen LogP contribution in [0.15, 0.2) is 23.2 Å². The highest BCUT2D eigenvalue weighted by Crippen LogP contribution is 2.32. The molecule has 0 aromatic heterocycles. The molecule has 0 radical (unpaired) electrons. The third-order valence-electron chi connectivity index (χ3n) is 4.79. The van der Waals surface area contributed by atoms with Crippen LogP contribution in [-0.4, -0.2) is 69.5 Å². The summed E-state index contributed by atoms with van der Waals surface area (Å²) in [6.45, 7) is 7.74. The molecule has 1 aromatic rings. The van der Waals surface area contributed by atoms with Crippen LogP contribution >= 0.6 is 24.0 Å². The summed E-state index contributed by atoms with van der Waals surface area (Å²) in [5, 5.41) is 6.47. The number of alkyl halides is 2. The van der Waals surface area contributed by atoms with Crippen molar-refractivity contribution < 1.29 is 23.0 Å². The van der Waals surface area contributed by atoms with Crippen molar-refractivity contribution in [1.82, 2.24) is 15.5 Å². The van der Waals surface area contributed by atoms with Crippen LogP contribution in [0, 0.1) is 0 Å². The van der Waals surface area contributed by atoms with E-state index >= 15 is 0 Å². The van der Waals surface area contributed by atoms with Crippen LogP contribution in [0.5, 0.6) is 11.5 Å². The fourth-order valence-electron chi connectivity index (χ4n) is 3.17. The quantitative estimate of drug-likeness (QED) is 0.284. The second kappa shape index (κ2) is 13.1. The van der Waals surface area contributed by atoms with E-state index in [0.717, 1.165) is 26.3 Å². The monoisotopic (exact) mass is 542 g/mol. The SMILES string of the molecule is CCOc1cccc(CNC(=NC)NCC(C)(C)N2CCOCC2)c1OC(F)F.I. The predicted octanol–water partition coefficient (Wildman–Crippen LogP) is 3.08. The van der Waals surface area contributed by atoms with Crippen molar-refractivity contribution in [3.63, 3.8) is 0 Å². The number of halogens is 3. The number of rotatable bonds is 9. The first-order valence-corrected chi connectivity index (χ1v) is 9.84. The molecular formula is C20H33F2IN4O3. The molecule has 7 nitrogen and oxygen atoms in total. The van der Waals surface area contributed by atoms with Crippen molar-refractivity contribution >= 4 is 29.9 Å². The molecule has 0 atom stereocenters. The molecule has 0 spiro atoms. The van der Waals surface area contributed by atoms with Gasteiger partial charge in [-0.05, 0) is 26.8 Å². The molecule has 1 aliphatic rings. The van der Waals surface area contributed by atoms with Crippen LogP contribution in [0.1, 0.15) is 26.3 Å². The zero-order valence-electron chi connectivity index (χ0n) is 18.0. The zero-order valence-corrected chi connectivity index (χ0v) is 20.4. The Morgan fingerprint density at radius 1 is 1.27 bits per heavy atom. The lowest BCUT2D eigenvalue weighted by Gasteiger charge is -2.41. The molecular weight excluding hydrogens is 509 g/mol. The number of para-hydroxylation sites is 1. The van der Waals surface area contributed by atoms with E-state index in [2.05, 4.69) is 34.4 Å². The van der Waals surface area contributed by atoms with Gasteiger partial charge in [0.05, 0.1) is 19.8 Å². The van der Waals surface area contributed by atoms with E-state index in [0.29, 0.717) is 30.4 Å². The van der Waals surface area contributed by atoms with Gasteiger partial charge in [-0.15, -0.1) is 24.0 Å². The summed E-state index contributed by atoms with van der Waals surface area (Å²) >= 11 is 0. The molecule has 172 valence electrons. The van der Waals surface area contributed by atoms with Gasteiger partial charge in [0.2, 0.25) is 0 Å². The molecule has 0 aliphatic carbocycles. The maximum atomic E-state index is 12.9. The van der Waals surface area contributed by atoms with Crippen LogP contribution in [0.4, 0.5) is 8.78 Å². The molecule has 1 heterocycles. The lowest BCUT2D eigenvalue weighted by atomic mass is 10.0. The van der Waals surface area contributed by atoms with Crippen molar-refractivity contribution in [1.29, 1.82) is 0 Å². The van der Waals surface area contributed by atoms with Crippen molar-refractivity contribution in [2.45, 2.75) is 39.5 Å². The van der Waals surface area contributed by atoms with Crippen LogP contribution in [0.3, 0.4) is 0 Å². The Kier molecular flexibility index (Phi) is 11.6. The Morgan fingerprint density at radius 3 is 2.57 bits per heavy atom. The van der Waals surface area contributed by atoms with Crippen LogP contribution in [0.25, 0.3) is 0 Å². The number of nitrogens with zero attached hydrogens (tertiary/aromatic N) is 2. The number of nitrogens with one attached hydrogen (secondary N) is 2. The normalized spacial score (nSPS) is 15.5. The van der Waals surface area contributed by atoms with Gasteiger partial charge in [-0.3, -0.25) is 9.89 Å². The summed E-state index contributed by atoms with van der Waals surface area (Å²) in [6.07, 6.45) is 0. The van der Waals surface area contributed by atoms with Gasteiger partial charge in [-0.2, -0.15) is 8.78 Å². The van der Waals surface area contributed by atoms with Gasteiger partial charge in [0.25, 0.3) is 0 Å². The van der Waals surface area contributed by atoms with E-state index in [1.807, 2.05) is 0 Å². The van der Waals surface area contributed by atoms with E-state index in [1.165, 1.54) is 0 Å². The topological polar surface area (TPSA) is 67.4 Å². The Bertz CT molecular complexity index is 671. The minimum Gasteiger partial charge on any atom is -0.490 e. The molecule has 10 heteroatoms. The van der Waals surface area contributed by atoms with E-state index in [-0.39, 0.29) is 41.8 Å². The van der Waals surface area contributed by atoms with Gasteiger partial charge in [0.15, 0.2) is 17.5 Å². The smallest absolute Gasteiger partial charge is 0.387 e. The molecule has 2 N–H and O–H groups in total. The number of aliphatic imine (C=N–C) groups is 1. The van der Waals surface area contributed by atoms with Crippen LogP contribution in [-0.2, 0) is 11.3 Å². The first-order valence-electron chi connectivity index (χ1n) is 9.84. The second-order valence-corrected chi connectivity index (χ2v) is 7.25. The molecule has 0 saturated carbocycles.